The van der Waals surface area contributed by atoms with Crippen LogP contribution in [0.2, 0.25) is 10.0 Å². The molecule has 2 saturated heterocycles. The standard InChI is InChI=1S/C31H26Cl2F2N6O4/c32-23-14-25(34)21(12-29(23)40(42)43)27-6-7-28(22-13-30(41(44)45)24(33)15-26(22)35)39(27)20-16-36-31(37-17-20)38-10-8-19(9-11-38)18-4-2-1-3-5-18/h1-5,12-17,19,27-28H,6-11H2. The second kappa shape index (κ2) is 12.5. The van der Waals surface area contributed by atoms with Gasteiger partial charge in [0.15, 0.2) is 0 Å². The minimum atomic E-state index is -0.823. The molecule has 2 unspecified atom stereocenters. The fourth-order valence-electron chi connectivity index (χ4n) is 6.43. The minimum Gasteiger partial charge on any atom is -0.355 e. The average Bonchev–Trinajstić information content (AvgIpc) is 3.46. The van der Waals surface area contributed by atoms with Crippen molar-refractivity contribution in [2.45, 2.75) is 43.7 Å². The zero-order valence-corrected chi connectivity index (χ0v) is 25.2. The Kier molecular flexibility index (Phi) is 8.52. The van der Waals surface area contributed by atoms with Gasteiger partial charge >= 0.3 is 0 Å². The van der Waals surface area contributed by atoms with Crippen LogP contribution >= 0.6 is 23.2 Å². The van der Waals surface area contributed by atoms with Gasteiger partial charge in [0.2, 0.25) is 5.95 Å². The molecule has 0 aliphatic carbocycles. The third kappa shape index (κ3) is 5.99. The first-order valence-corrected chi connectivity index (χ1v) is 15.0. The number of anilines is 2. The zero-order chi connectivity index (χ0) is 31.8. The van der Waals surface area contributed by atoms with E-state index in [0.29, 0.717) is 17.6 Å². The van der Waals surface area contributed by atoms with Gasteiger partial charge in [0.25, 0.3) is 11.4 Å². The highest BCUT2D eigenvalue weighted by Crippen LogP contribution is 2.49. The molecule has 0 radical (unpaired) electrons. The summed E-state index contributed by atoms with van der Waals surface area (Å²) >= 11 is 11.9. The quantitative estimate of drug-likeness (QED) is 0.144. The maximum Gasteiger partial charge on any atom is 0.288 e. The second-order valence-electron chi connectivity index (χ2n) is 11.1. The normalized spacial score (nSPS) is 18.8. The van der Waals surface area contributed by atoms with Crippen LogP contribution < -0.4 is 9.80 Å². The van der Waals surface area contributed by atoms with Crippen molar-refractivity contribution in [1.29, 1.82) is 0 Å². The highest BCUT2D eigenvalue weighted by molar-refractivity contribution is 6.33. The molecule has 2 fully saturated rings. The maximum atomic E-state index is 15.4. The molecular formula is C31H26Cl2F2N6O4. The molecule has 10 nitrogen and oxygen atoms in total. The molecule has 3 heterocycles. The number of aromatic nitrogens is 2. The van der Waals surface area contributed by atoms with Crippen LogP contribution in [-0.4, -0.2) is 32.9 Å². The highest BCUT2D eigenvalue weighted by atomic mass is 35.5. The van der Waals surface area contributed by atoms with Crippen LogP contribution in [-0.2, 0) is 0 Å². The van der Waals surface area contributed by atoms with Gasteiger partial charge in [0, 0.05) is 36.3 Å². The fraction of sp³-hybridized carbons (Fsp3) is 0.290. The first kappa shape index (κ1) is 30.6. The third-order valence-corrected chi connectivity index (χ3v) is 9.21. The lowest BCUT2D eigenvalue weighted by Crippen LogP contribution is -2.34. The second-order valence-corrected chi connectivity index (χ2v) is 11.9. The summed E-state index contributed by atoms with van der Waals surface area (Å²) in [7, 11) is 0. The van der Waals surface area contributed by atoms with Crippen molar-refractivity contribution in [1.82, 2.24) is 9.97 Å². The van der Waals surface area contributed by atoms with Crippen molar-refractivity contribution in [2.75, 3.05) is 22.9 Å². The molecule has 0 amide bonds. The molecule has 2 aliphatic heterocycles. The predicted molar refractivity (Wildman–Crippen MR) is 166 cm³/mol. The van der Waals surface area contributed by atoms with Crippen LogP contribution in [0.4, 0.5) is 31.8 Å². The summed E-state index contributed by atoms with van der Waals surface area (Å²) in [6.45, 7) is 1.49. The van der Waals surface area contributed by atoms with Crippen LogP contribution in [0, 0.1) is 31.9 Å². The van der Waals surface area contributed by atoms with Crippen LogP contribution in [0.15, 0.2) is 67.0 Å². The molecule has 45 heavy (non-hydrogen) atoms. The molecule has 232 valence electrons. The summed E-state index contributed by atoms with van der Waals surface area (Å²) in [4.78, 5) is 34.8. The van der Waals surface area contributed by atoms with E-state index >= 15 is 8.78 Å². The summed E-state index contributed by atoms with van der Waals surface area (Å²) in [6.07, 6.45) is 5.42. The molecule has 0 spiro atoms. The lowest BCUT2D eigenvalue weighted by Gasteiger charge is -2.34. The van der Waals surface area contributed by atoms with Crippen molar-refractivity contribution >= 4 is 46.2 Å². The molecule has 2 aliphatic rings. The van der Waals surface area contributed by atoms with E-state index in [9.17, 15) is 20.2 Å². The van der Waals surface area contributed by atoms with Crippen molar-refractivity contribution < 1.29 is 18.6 Å². The number of nitrogens with zero attached hydrogens (tertiary/aromatic N) is 6. The number of nitro benzene ring substituents is 2. The molecular weight excluding hydrogens is 629 g/mol. The van der Waals surface area contributed by atoms with E-state index < -0.39 is 44.9 Å². The Morgan fingerprint density at radius 1 is 0.756 bits per heavy atom. The molecule has 0 bridgehead atoms. The van der Waals surface area contributed by atoms with Gasteiger partial charge in [0.05, 0.1) is 40.0 Å². The van der Waals surface area contributed by atoms with Gasteiger partial charge in [-0.25, -0.2) is 18.7 Å². The molecule has 6 rings (SSSR count). The van der Waals surface area contributed by atoms with E-state index in [-0.39, 0.29) is 34.0 Å². The minimum absolute atomic E-state index is 0.0236. The Hall–Kier alpha value is -4.42. The Morgan fingerprint density at radius 3 is 1.71 bits per heavy atom. The van der Waals surface area contributed by atoms with Crippen molar-refractivity contribution in [2.24, 2.45) is 0 Å². The van der Waals surface area contributed by atoms with Gasteiger partial charge in [-0.3, -0.25) is 20.2 Å². The molecule has 0 N–H and O–H groups in total. The number of hydrogen-bond acceptors (Lipinski definition) is 8. The number of halogens is 4. The van der Waals surface area contributed by atoms with E-state index in [1.54, 1.807) is 17.3 Å². The Balaban J connectivity index is 1.35. The summed E-state index contributed by atoms with van der Waals surface area (Å²) in [5.74, 6) is -0.617. The number of piperidine rings is 1. The molecule has 2 atom stereocenters. The van der Waals surface area contributed by atoms with Crippen LogP contribution in [0.25, 0.3) is 0 Å². The zero-order valence-electron chi connectivity index (χ0n) is 23.7. The predicted octanol–water partition coefficient (Wildman–Crippen LogP) is 8.34. The Morgan fingerprint density at radius 2 is 1.24 bits per heavy atom. The van der Waals surface area contributed by atoms with Crippen molar-refractivity contribution in [3.05, 3.63) is 126 Å². The first-order valence-electron chi connectivity index (χ1n) is 14.3. The molecule has 4 aromatic rings. The monoisotopic (exact) mass is 654 g/mol. The summed E-state index contributed by atoms with van der Waals surface area (Å²) in [6, 6.07) is 12.6. The number of hydrogen-bond donors (Lipinski definition) is 0. The first-order chi connectivity index (χ1) is 21.6. The van der Waals surface area contributed by atoms with E-state index in [0.717, 1.165) is 50.2 Å². The lowest BCUT2D eigenvalue weighted by atomic mass is 9.90. The van der Waals surface area contributed by atoms with Gasteiger partial charge in [-0.2, -0.15) is 0 Å². The largest absolute Gasteiger partial charge is 0.355 e. The van der Waals surface area contributed by atoms with Gasteiger partial charge < -0.3 is 9.80 Å². The van der Waals surface area contributed by atoms with E-state index in [1.165, 1.54) is 5.56 Å². The summed E-state index contributed by atoms with van der Waals surface area (Å²) in [5.41, 5.74) is 0.683. The molecule has 3 aromatic carbocycles. The van der Waals surface area contributed by atoms with Gasteiger partial charge in [-0.05, 0) is 49.3 Å². The number of rotatable bonds is 7. The maximum absolute atomic E-state index is 15.4. The smallest absolute Gasteiger partial charge is 0.288 e. The fourth-order valence-corrected chi connectivity index (χ4v) is 6.87. The summed E-state index contributed by atoms with van der Waals surface area (Å²) in [5, 5.41) is 22.6. The number of benzene rings is 3. The van der Waals surface area contributed by atoms with E-state index in [1.807, 2.05) is 18.2 Å². The van der Waals surface area contributed by atoms with Gasteiger partial charge in [-0.15, -0.1) is 0 Å². The molecule has 1 aromatic heterocycles. The van der Waals surface area contributed by atoms with E-state index in [2.05, 4.69) is 27.0 Å². The van der Waals surface area contributed by atoms with Crippen LogP contribution in [0.3, 0.4) is 0 Å². The summed E-state index contributed by atoms with van der Waals surface area (Å²) < 4.78 is 30.8. The van der Waals surface area contributed by atoms with Crippen LogP contribution in [0.5, 0.6) is 0 Å². The van der Waals surface area contributed by atoms with Crippen molar-refractivity contribution in [3.8, 4) is 0 Å². The molecule has 0 saturated carbocycles. The Labute approximate surface area is 266 Å². The van der Waals surface area contributed by atoms with Crippen LogP contribution in [0.1, 0.15) is 60.4 Å². The SMILES string of the molecule is O=[N+]([O-])c1cc(C2CCC(c3cc([N+](=O)[O-])c(Cl)cc3F)N2c2cnc(N3CCC(c4ccccc4)CC3)nc2)c(F)cc1Cl. The molecule has 14 heteroatoms. The van der Waals surface area contributed by atoms with Crippen molar-refractivity contribution in [3.63, 3.8) is 0 Å². The third-order valence-electron chi connectivity index (χ3n) is 8.60. The van der Waals surface area contributed by atoms with E-state index in [4.69, 9.17) is 23.2 Å². The van der Waals surface area contributed by atoms with Gasteiger partial charge in [-0.1, -0.05) is 53.5 Å². The lowest BCUT2D eigenvalue weighted by molar-refractivity contribution is -0.384. The number of nitro groups is 2. The topological polar surface area (TPSA) is 119 Å². The highest BCUT2D eigenvalue weighted by Gasteiger charge is 2.40. The Bertz CT molecular complexity index is 1680. The average molecular weight is 655 g/mol. The van der Waals surface area contributed by atoms with Gasteiger partial charge in [0.1, 0.15) is 21.7 Å².